The second kappa shape index (κ2) is 10.5. The molecular weight excluding hydrogens is 547 g/mol. The highest BCUT2D eigenvalue weighted by atomic mass is 32.3. The third-order valence-corrected chi connectivity index (χ3v) is 10.4. The number of amidine groups is 1. The summed E-state index contributed by atoms with van der Waals surface area (Å²) in [5.74, 6) is -5.81. The number of aromatic nitrogens is 2. The van der Waals surface area contributed by atoms with Crippen LogP contribution in [0.1, 0.15) is 49.3 Å². The van der Waals surface area contributed by atoms with Gasteiger partial charge in [-0.25, -0.2) is 23.1 Å². The van der Waals surface area contributed by atoms with Gasteiger partial charge >= 0.3 is 12.3 Å². The number of halogens is 5. The monoisotopic (exact) mass is 576 g/mol. The molecule has 1 fully saturated rings. The van der Waals surface area contributed by atoms with Crippen molar-refractivity contribution in [1.29, 1.82) is 0 Å². The maximum Gasteiger partial charge on any atom is 0.340 e. The van der Waals surface area contributed by atoms with Crippen LogP contribution < -0.4 is 20.5 Å². The van der Waals surface area contributed by atoms with E-state index in [0.29, 0.717) is 13.0 Å². The first-order chi connectivity index (χ1) is 18.2. The number of rotatable bonds is 7. The Labute approximate surface area is 223 Å². The molecule has 0 bridgehead atoms. The molecule has 0 saturated carbocycles. The lowest BCUT2D eigenvalue weighted by molar-refractivity contribution is -0.148. The fourth-order valence-corrected chi connectivity index (χ4v) is 7.63. The summed E-state index contributed by atoms with van der Waals surface area (Å²) < 4.78 is 84.5. The number of nitrogens with zero attached hydrogens (tertiary/aromatic N) is 3. The van der Waals surface area contributed by atoms with Crippen molar-refractivity contribution < 1.29 is 36.0 Å². The summed E-state index contributed by atoms with van der Waals surface area (Å²) in [6.45, 7) is 2.50. The van der Waals surface area contributed by atoms with Gasteiger partial charge in [0, 0.05) is 12.3 Å². The Bertz CT molecular complexity index is 1270. The van der Waals surface area contributed by atoms with Crippen LogP contribution >= 0.6 is 10.5 Å². The van der Waals surface area contributed by atoms with E-state index in [1.165, 1.54) is 6.07 Å². The topological polar surface area (TPSA) is 135 Å². The molecule has 1 saturated heterocycles. The average molecular weight is 577 g/mol. The molecule has 4 rings (SSSR count). The first-order valence-electron chi connectivity index (χ1n) is 12.1. The van der Waals surface area contributed by atoms with E-state index in [1.807, 2.05) is 6.92 Å². The number of amides is 1. The molecule has 2 aliphatic heterocycles. The van der Waals surface area contributed by atoms with E-state index in [2.05, 4.69) is 29.7 Å². The Balaban J connectivity index is 1.53. The molecule has 0 radical (unpaired) electrons. The average Bonchev–Trinajstić information content (AvgIpc) is 3.02. The molecule has 214 valence electrons. The molecule has 5 N–H and O–H groups in total. The van der Waals surface area contributed by atoms with Crippen LogP contribution in [0, 0.1) is 5.82 Å². The van der Waals surface area contributed by atoms with Crippen molar-refractivity contribution >= 4 is 28.1 Å². The lowest BCUT2D eigenvalue weighted by atomic mass is 9.96. The van der Waals surface area contributed by atoms with Crippen LogP contribution in [0.25, 0.3) is 0 Å². The van der Waals surface area contributed by atoms with Crippen LogP contribution in [0.2, 0.25) is 0 Å². The normalized spacial score (nSPS) is 29.0. The van der Waals surface area contributed by atoms with Gasteiger partial charge in [0.2, 0.25) is 0 Å². The van der Waals surface area contributed by atoms with Gasteiger partial charge in [0.25, 0.3) is 5.91 Å². The van der Waals surface area contributed by atoms with Crippen LogP contribution in [0.15, 0.2) is 35.5 Å². The molecule has 0 aromatic carbocycles. The molecule has 0 aliphatic carbocycles. The van der Waals surface area contributed by atoms with Crippen LogP contribution in [0.4, 0.5) is 27.8 Å². The zero-order chi connectivity index (χ0) is 28.6. The number of alkyl halides is 4. The number of carbonyl (C=O) groups excluding carboxylic acids is 1. The van der Waals surface area contributed by atoms with Crippen LogP contribution in [-0.4, -0.2) is 62.3 Å². The van der Waals surface area contributed by atoms with E-state index < -0.39 is 51.5 Å². The molecular formula is C24H29F5N6O3S. The van der Waals surface area contributed by atoms with Crippen molar-refractivity contribution in [3.8, 4) is 5.75 Å². The van der Waals surface area contributed by atoms with Crippen molar-refractivity contribution in [1.82, 2.24) is 14.7 Å². The Morgan fingerprint density at radius 3 is 2.69 bits per heavy atom. The number of fused-ring (bicyclic) bond motifs is 1. The maximum atomic E-state index is 15.1. The summed E-state index contributed by atoms with van der Waals surface area (Å²) in [5.41, 5.74) is 4.75. The summed E-state index contributed by atoms with van der Waals surface area (Å²) in [5, 5.41) is 2.48. The van der Waals surface area contributed by atoms with Crippen molar-refractivity contribution in [2.24, 2.45) is 10.7 Å². The number of hydrogen-bond donors (Lipinski definition) is 4. The quantitative estimate of drug-likeness (QED) is 0.358. The van der Waals surface area contributed by atoms with Gasteiger partial charge in [-0.15, -0.1) is 0 Å². The highest BCUT2D eigenvalue weighted by molar-refractivity contribution is 8.29. The predicted molar refractivity (Wildman–Crippen MR) is 137 cm³/mol. The Morgan fingerprint density at radius 2 is 2.03 bits per heavy atom. The third-order valence-electron chi connectivity index (χ3n) is 6.88. The second-order valence-corrected chi connectivity index (χ2v) is 12.8. The number of pyridine rings is 2. The number of ether oxygens (including phenoxy) is 1. The molecule has 2 aliphatic rings. The minimum atomic E-state index is -4.34. The first-order valence-corrected chi connectivity index (χ1v) is 13.8. The van der Waals surface area contributed by atoms with Gasteiger partial charge in [0.1, 0.15) is 40.1 Å². The smallest absolute Gasteiger partial charge is 0.340 e. The standard InChI is InChI=1S/C24H29F5N6O3S/c1-22(13-39(37)23(2,21(30)35-22)9-3-4-10-32-39)18-15(25)6-8-17(33-18)34-19(36)16-7-5-14(11-31-16)38-12-24(28,29)20(26)27/h5-8,11,20,32,37H,3-4,9-10,12-13H2,1-2H3,(H2,30,35)(H,33,34,36). The zero-order valence-electron chi connectivity index (χ0n) is 21.2. The minimum absolute atomic E-state index is 0.0331. The Kier molecular flexibility index (Phi) is 7.80. The Hall–Kier alpha value is -3.04. The van der Waals surface area contributed by atoms with Crippen molar-refractivity contribution in [2.75, 3.05) is 24.2 Å². The molecule has 2 aromatic rings. The Morgan fingerprint density at radius 1 is 1.28 bits per heavy atom. The molecule has 4 heterocycles. The maximum absolute atomic E-state index is 15.1. The van der Waals surface area contributed by atoms with Gasteiger partial charge in [-0.1, -0.05) is 16.9 Å². The van der Waals surface area contributed by atoms with Gasteiger partial charge in [0.15, 0.2) is 6.61 Å². The van der Waals surface area contributed by atoms with Gasteiger partial charge in [0.05, 0.1) is 10.9 Å². The van der Waals surface area contributed by atoms with Crippen LogP contribution in [0.3, 0.4) is 0 Å². The number of anilines is 1. The summed E-state index contributed by atoms with van der Waals surface area (Å²) >= 11 is 0. The summed E-state index contributed by atoms with van der Waals surface area (Å²) in [6.07, 6.45) is -0.621. The van der Waals surface area contributed by atoms with Gasteiger partial charge < -0.3 is 20.3 Å². The van der Waals surface area contributed by atoms with Gasteiger partial charge in [-0.3, -0.25) is 14.5 Å². The van der Waals surface area contributed by atoms with Crippen molar-refractivity contribution in [3.05, 3.63) is 47.7 Å². The fourth-order valence-electron chi connectivity index (χ4n) is 4.52. The first kappa shape index (κ1) is 29.0. The van der Waals surface area contributed by atoms with E-state index in [9.17, 15) is 26.9 Å². The van der Waals surface area contributed by atoms with E-state index in [-0.39, 0.29) is 34.5 Å². The molecule has 15 heteroatoms. The van der Waals surface area contributed by atoms with E-state index >= 15 is 4.39 Å². The number of hydrogen-bond acceptors (Lipinski definition) is 8. The van der Waals surface area contributed by atoms with Crippen LogP contribution in [-0.2, 0) is 5.54 Å². The fraction of sp³-hybridized carbons (Fsp3) is 0.500. The molecule has 1 amide bonds. The van der Waals surface area contributed by atoms with Crippen molar-refractivity contribution in [3.63, 3.8) is 0 Å². The SMILES string of the molecule is CC1(c2nc(NC(=O)c3ccc(OCC(F)(F)C(F)F)cn3)ccc2F)CS2(O)NCCCCC2(C)C(N)=N1. The second-order valence-electron chi connectivity index (χ2n) is 9.91. The molecule has 3 unspecified atom stereocenters. The van der Waals surface area contributed by atoms with Gasteiger partial charge in [-0.05, 0) is 51.0 Å². The van der Waals surface area contributed by atoms with Crippen molar-refractivity contribution in [2.45, 2.75) is 55.7 Å². The summed E-state index contributed by atoms with van der Waals surface area (Å²) in [7, 11) is -2.55. The van der Waals surface area contributed by atoms with E-state index in [0.717, 1.165) is 37.2 Å². The minimum Gasteiger partial charge on any atom is -0.485 e. The predicted octanol–water partition coefficient (Wildman–Crippen LogP) is 4.46. The molecule has 3 atom stereocenters. The molecule has 0 spiro atoms. The van der Waals surface area contributed by atoms with Crippen LogP contribution in [0.5, 0.6) is 5.75 Å². The number of aliphatic imine (C=N–C) groups is 1. The van der Waals surface area contributed by atoms with E-state index in [4.69, 9.17) is 5.73 Å². The highest BCUT2D eigenvalue weighted by Gasteiger charge is 2.55. The number of carbonyl (C=O) groups is 1. The van der Waals surface area contributed by atoms with Gasteiger partial charge in [-0.2, -0.15) is 8.78 Å². The highest BCUT2D eigenvalue weighted by Crippen LogP contribution is 2.62. The van der Waals surface area contributed by atoms with E-state index in [1.54, 1.807) is 6.92 Å². The lowest BCUT2D eigenvalue weighted by Gasteiger charge is -2.54. The molecule has 2 aromatic heterocycles. The lowest BCUT2D eigenvalue weighted by Crippen LogP contribution is -2.57. The number of nitrogens with two attached hydrogens (primary N) is 1. The largest absolute Gasteiger partial charge is 0.485 e. The zero-order valence-corrected chi connectivity index (χ0v) is 22.0. The summed E-state index contributed by atoms with van der Waals surface area (Å²) in [6, 6.07) is 4.60. The molecule has 9 nitrogen and oxygen atoms in total. The third kappa shape index (κ3) is 5.65. The summed E-state index contributed by atoms with van der Waals surface area (Å²) in [4.78, 5) is 25.4. The number of nitrogens with one attached hydrogen (secondary N) is 2. The molecule has 39 heavy (non-hydrogen) atoms.